The lowest BCUT2D eigenvalue weighted by molar-refractivity contribution is -0.133. The summed E-state index contributed by atoms with van der Waals surface area (Å²) in [7, 11) is 0. The maximum atomic E-state index is 11.5. The van der Waals surface area contributed by atoms with E-state index >= 15 is 0 Å². The smallest absolute Gasteiger partial charge is 0.222 e. The highest BCUT2D eigenvalue weighted by Crippen LogP contribution is 2.00. The van der Waals surface area contributed by atoms with E-state index in [1.54, 1.807) is 0 Å². The molecule has 0 bridgehead atoms. The molecule has 0 aromatic heterocycles. The van der Waals surface area contributed by atoms with Gasteiger partial charge in [-0.25, -0.2) is 0 Å². The summed E-state index contributed by atoms with van der Waals surface area (Å²) < 4.78 is 0. The van der Waals surface area contributed by atoms with E-state index in [1.165, 1.54) is 4.90 Å². The van der Waals surface area contributed by atoms with Crippen LogP contribution in [0.3, 0.4) is 0 Å². The molecule has 0 atom stereocenters. The molecule has 16 heavy (non-hydrogen) atoms. The van der Waals surface area contributed by atoms with E-state index in [4.69, 9.17) is 11.5 Å². The van der Waals surface area contributed by atoms with Crippen LogP contribution in [0.15, 0.2) is 4.99 Å². The Morgan fingerprint density at radius 1 is 1.38 bits per heavy atom. The van der Waals surface area contributed by atoms with Crippen LogP contribution in [-0.2, 0) is 9.59 Å². The fraction of sp³-hybridized carbons (Fsp3) is 0.700. The van der Waals surface area contributed by atoms with Gasteiger partial charge in [0, 0.05) is 19.5 Å². The van der Waals surface area contributed by atoms with Crippen molar-refractivity contribution in [3.05, 3.63) is 0 Å². The highest BCUT2D eigenvalue weighted by Gasteiger charge is 2.09. The zero-order valence-corrected chi connectivity index (χ0v) is 9.69. The van der Waals surface area contributed by atoms with Gasteiger partial charge in [-0.05, 0) is 19.8 Å². The lowest BCUT2D eigenvalue weighted by Crippen LogP contribution is -2.32. The maximum Gasteiger partial charge on any atom is 0.222 e. The van der Waals surface area contributed by atoms with Gasteiger partial charge in [0.25, 0.3) is 0 Å². The topological polar surface area (TPSA) is 102 Å². The van der Waals surface area contributed by atoms with Gasteiger partial charge in [0.05, 0.1) is 6.54 Å². The normalized spacial score (nSPS) is 9.56. The number of likely N-dealkylation sites (N-methyl/N-ethyl adjacent to an activating group) is 1. The number of amides is 1. The maximum absolute atomic E-state index is 11.5. The van der Waals surface area contributed by atoms with E-state index in [1.807, 2.05) is 6.92 Å². The molecule has 0 spiro atoms. The first-order valence-corrected chi connectivity index (χ1v) is 5.38. The second-order valence-electron chi connectivity index (χ2n) is 3.36. The number of aliphatic imine (C=N–C) groups is 1. The van der Waals surface area contributed by atoms with E-state index in [0.717, 1.165) is 19.1 Å². The summed E-state index contributed by atoms with van der Waals surface area (Å²) in [6.07, 6.45) is 2.66. The first kappa shape index (κ1) is 14.4. The van der Waals surface area contributed by atoms with Crippen LogP contribution in [0.1, 0.15) is 26.2 Å². The third-order valence-corrected chi connectivity index (χ3v) is 2.12. The average molecular weight is 228 g/mol. The number of carbonyl (C=O) groups is 2. The van der Waals surface area contributed by atoms with Crippen molar-refractivity contribution < 1.29 is 9.59 Å². The van der Waals surface area contributed by atoms with Crippen LogP contribution in [-0.4, -0.2) is 42.7 Å². The summed E-state index contributed by atoms with van der Waals surface area (Å²) in [6.45, 7) is 3.12. The number of hydrogen-bond acceptors (Lipinski definition) is 3. The van der Waals surface area contributed by atoms with Gasteiger partial charge in [-0.15, -0.1) is 0 Å². The van der Waals surface area contributed by atoms with Gasteiger partial charge in [0.1, 0.15) is 6.29 Å². The molecular weight excluding hydrogens is 208 g/mol. The van der Waals surface area contributed by atoms with Crippen LogP contribution >= 0.6 is 0 Å². The van der Waals surface area contributed by atoms with Crippen molar-refractivity contribution in [2.45, 2.75) is 26.2 Å². The van der Waals surface area contributed by atoms with Gasteiger partial charge in [-0.2, -0.15) is 0 Å². The average Bonchev–Trinajstić information content (AvgIpc) is 2.24. The number of nitrogens with zero attached hydrogens (tertiary/aromatic N) is 2. The van der Waals surface area contributed by atoms with Crippen molar-refractivity contribution in [3.8, 4) is 0 Å². The quantitative estimate of drug-likeness (QED) is 0.252. The Labute approximate surface area is 95.7 Å². The molecule has 0 rings (SSSR count). The minimum Gasteiger partial charge on any atom is -0.370 e. The SMILES string of the molecule is CCN(CC=O)C(=O)CCCCN=C(N)N. The molecule has 0 aromatic rings. The van der Waals surface area contributed by atoms with Crippen LogP contribution in [0.4, 0.5) is 0 Å². The standard InChI is InChI=1S/C10H20N4O2/c1-2-14(7-8-15)9(16)5-3-4-6-13-10(11)12/h8H,2-7H2,1H3,(H4,11,12,13). The Bertz CT molecular complexity index is 249. The van der Waals surface area contributed by atoms with Crippen LogP contribution in [0.5, 0.6) is 0 Å². The Balaban J connectivity index is 3.71. The molecule has 0 unspecified atom stereocenters. The summed E-state index contributed by atoms with van der Waals surface area (Å²) in [4.78, 5) is 27.2. The molecule has 0 radical (unpaired) electrons. The zero-order valence-electron chi connectivity index (χ0n) is 9.69. The minimum atomic E-state index is -0.000648. The highest BCUT2D eigenvalue weighted by molar-refractivity contribution is 5.78. The van der Waals surface area contributed by atoms with Gasteiger partial charge in [0.2, 0.25) is 5.91 Å². The van der Waals surface area contributed by atoms with E-state index in [2.05, 4.69) is 4.99 Å². The molecular formula is C10H20N4O2. The largest absolute Gasteiger partial charge is 0.370 e. The zero-order chi connectivity index (χ0) is 12.4. The van der Waals surface area contributed by atoms with Crippen LogP contribution < -0.4 is 11.5 Å². The first-order valence-electron chi connectivity index (χ1n) is 5.38. The van der Waals surface area contributed by atoms with E-state index in [9.17, 15) is 9.59 Å². The third kappa shape index (κ3) is 6.80. The third-order valence-electron chi connectivity index (χ3n) is 2.12. The fourth-order valence-corrected chi connectivity index (χ4v) is 1.25. The fourth-order valence-electron chi connectivity index (χ4n) is 1.25. The number of nitrogens with two attached hydrogens (primary N) is 2. The van der Waals surface area contributed by atoms with Crippen LogP contribution in [0.2, 0.25) is 0 Å². The molecule has 0 aliphatic heterocycles. The van der Waals surface area contributed by atoms with Crippen molar-refractivity contribution in [2.24, 2.45) is 16.5 Å². The Kier molecular flexibility index (Phi) is 7.83. The second kappa shape index (κ2) is 8.70. The highest BCUT2D eigenvalue weighted by atomic mass is 16.2. The van der Waals surface area contributed by atoms with Crippen molar-refractivity contribution in [1.82, 2.24) is 4.90 Å². The van der Waals surface area contributed by atoms with Crippen molar-refractivity contribution in [2.75, 3.05) is 19.6 Å². The lowest BCUT2D eigenvalue weighted by Gasteiger charge is -2.17. The van der Waals surface area contributed by atoms with Crippen LogP contribution in [0, 0.1) is 0 Å². The van der Waals surface area contributed by atoms with Gasteiger partial charge >= 0.3 is 0 Å². The number of guanidine groups is 1. The molecule has 1 amide bonds. The van der Waals surface area contributed by atoms with E-state index in [0.29, 0.717) is 19.5 Å². The summed E-state index contributed by atoms with van der Waals surface area (Å²) in [6, 6.07) is 0. The lowest BCUT2D eigenvalue weighted by atomic mass is 10.2. The van der Waals surface area contributed by atoms with Crippen molar-refractivity contribution in [1.29, 1.82) is 0 Å². The summed E-state index contributed by atoms with van der Waals surface area (Å²) in [5.41, 5.74) is 10.3. The summed E-state index contributed by atoms with van der Waals surface area (Å²) >= 11 is 0. The first-order chi connectivity index (χ1) is 7.61. The molecule has 0 fully saturated rings. The van der Waals surface area contributed by atoms with Crippen molar-refractivity contribution in [3.63, 3.8) is 0 Å². The van der Waals surface area contributed by atoms with Gasteiger partial charge in [-0.3, -0.25) is 9.79 Å². The Morgan fingerprint density at radius 3 is 2.56 bits per heavy atom. The Morgan fingerprint density at radius 2 is 2.06 bits per heavy atom. The number of aldehydes is 1. The van der Waals surface area contributed by atoms with Gasteiger partial charge in [-0.1, -0.05) is 0 Å². The monoisotopic (exact) mass is 228 g/mol. The summed E-state index contributed by atoms with van der Waals surface area (Å²) in [5, 5.41) is 0. The van der Waals surface area contributed by atoms with Crippen LogP contribution in [0.25, 0.3) is 0 Å². The number of hydrogen-bond donors (Lipinski definition) is 2. The predicted octanol–water partition coefficient (Wildman–Crippen LogP) is -0.522. The Hall–Kier alpha value is -1.59. The van der Waals surface area contributed by atoms with Gasteiger partial charge in [0.15, 0.2) is 5.96 Å². The molecule has 6 heteroatoms. The minimum absolute atomic E-state index is 0.000648. The molecule has 0 aliphatic carbocycles. The second-order valence-corrected chi connectivity index (χ2v) is 3.36. The van der Waals surface area contributed by atoms with Crippen molar-refractivity contribution >= 4 is 18.2 Å². The molecule has 6 nitrogen and oxygen atoms in total. The molecule has 0 aliphatic rings. The molecule has 0 saturated heterocycles. The predicted molar refractivity (Wildman–Crippen MR) is 62.8 cm³/mol. The molecule has 0 saturated carbocycles. The molecule has 4 N–H and O–H groups in total. The number of unbranched alkanes of at least 4 members (excludes halogenated alkanes) is 1. The number of rotatable bonds is 8. The van der Waals surface area contributed by atoms with E-state index < -0.39 is 0 Å². The van der Waals surface area contributed by atoms with E-state index in [-0.39, 0.29) is 18.4 Å². The molecule has 0 aromatic carbocycles. The van der Waals surface area contributed by atoms with Gasteiger partial charge < -0.3 is 21.2 Å². The summed E-state index contributed by atoms with van der Waals surface area (Å²) in [5.74, 6) is 0.0711. The molecule has 92 valence electrons. The number of carbonyl (C=O) groups excluding carboxylic acids is 2. The molecule has 0 heterocycles.